The molecule has 1 amide bonds. The van der Waals surface area contributed by atoms with Gasteiger partial charge in [-0.1, -0.05) is 24.3 Å². The minimum atomic E-state index is -0.358. The van der Waals surface area contributed by atoms with Crippen LogP contribution in [0.4, 0.5) is 4.39 Å². The molecule has 3 aromatic rings. The number of rotatable bonds is 5. The molecule has 1 heterocycles. The van der Waals surface area contributed by atoms with E-state index < -0.39 is 0 Å². The Morgan fingerprint density at radius 1 is 1.16 bits per heavy atom. The van der Waals surface area contributed by atoms with E-state index in [0.29, 0.717) is 24.1 Å². The molecule has 0 unspecified atom stereocenters. The Hall–Kier alpha value is -2.95. The number of aryl methyl sites for hydroxylation is 1. The van der Waals surface area contributed by atoms with Gasteiger partial charge in [-0.2, -0.15) is 0 Å². The standard InChI is InChI=1S/C20H19FN2O2/c1-13-5-6-15-12-16(20(25)23-18(15)9-13)7-8-22-19(24)11-14-3-2-4-17(21)10-14/h2-6,9-10,12H,7-8,11H2,1H3,(H,22,24)(H,23,25). The van der Waals surface area contributed by atoms with Crippen molar-refractivity contribution in [2.24, 2.45) is 0 Å². The van der Waals surface area contributed by atoms with Crippen molar-refractivity contribution in [1.82, 2.24) is 10.3 Å². The number of nitrogens with one attached hydrogen (secondary N) is 2. The van der Waals surface area contributed by atoms with Crippen LogP contribution in [0.5, 0.6) is 0 Å². The van der Waals surface area contributed by atoms with E-state index in [9.17, 15) is 14.0 Å². The molecule has 2 N–H and O–H groups in total. The highest BCUT2D eigenvalue weighted by Crippen LogP contribution is 2.13. The highest BCUT2D eigenvalue weighted by molar-refractivity contribution is 5.80. The lowest BCUT2D eigenvalue weighted by molar-refractivity contribution is -0.120. The summed E-state index contributed by atoms with van der Waals surface area (Å²) in [4.78, 5) is 26.9. The number of H-pyrrole nitrogens is 1. The van der Waals surface area contributed by atoms with E-state index in [0.717, 1.165) is 16.5 Å². The van der Waals surface area contributed by atoms with Gasteiger partial charge < -0.3 is 10.3 Å². The maximum Gasteiger partial charge on any atom is 0.251 e. The molecule has 0 aliphatic heterocycles. The van der Waals surface area contributed by atoms with Gasteiger partial charge in [0.2, 0.25) is 5.91 Å². The van der Waals surface area contributed by atoms with Crippen molar-refractivity contribution in [3.63, 3.8) is 0 Å². The summed E-state index contributed by atoms with van der Waals surface area (Å²) >= 11 is 0. The molecule has 0 fully saturated rings. The Balaban J connectivity index is 1.61. The van der Waals surface area contributed by atoms with Crippen molar-refractivity contribution in [2.75, 3.05) is 6.54 Å². The van der Waals surface area contributed by atoms with Crippen LogP contribution in [0.2, 0.25) is 0 Å². The largest absolute Gasteiger partial charge is 0.355 e. The number of carbonyl (C=O) groups excluding carboxylic acids is 1. The molecular weight excluding hydrogens is 319 g/mol. The Bertz CT molecular complexity index is 979. The predicted octanol–water partition coefficient (Wildman–Crippen LogP) is 2.88. The van der Waals surface area contributed by atoms with Crippen LogP contribution in [0.15, 0.2) is 53.3 Å². The van der Waals surface area contributed by atoms with E-state index in [1.165, 1.54) is 12.1 Å². The molecule has 0 spiro atoms. The van der Waals surface area contributed by atoms with Gasteiger partial charge in [0.25, 0.3) is 5.56 Å². The van der Waals surface area contributed by atoms with Gasteiger partial charge in [0, 0.05) is 17.6 Å². The normalized spacial score (nSPS) is 10.8. The fourth-order valence-corrected chi connectivity index (χ4v) is 2.78. The molecule has 0 aliphatic rings. The van der Waals surface area contributed by atoms with Gasteiger partial charge in [0.1, 0.15) is 5.82 Å². The molecule has 1 aromatic heterocycles. The number of fused-ring (bicyclic) bond motifs is 1. The lowest BCUT2D eigenvalue weighted by Crippen LogP contribution is -2.28. The number of benzene rings is 2. The van der Waals surface area contributed by atoms with Crippen LogP contribution in [-0.4, -0.2) is 17.4 Å². The van der Waals surface area contributed by atoms with Crippen molar-refractivity contribution < 1.29 is 9.18 Å². The SMILES string of the molecule is Cc1ccc2cc(CCNC(=O)Cc3cccc(F)c3)c(=O)[nH]c2c1. The van der Waals surface area contributed by atoms with Gasteiger partial charge in [-0.3, -0.25) is 9.59 Å². The van der Waals surface area contributed by atoms with Gasteiger partial charge >= 0.3 is 0 Å². The summed E-state index contributed by atoms with van der Waals surface area (Å²) in [7, 11) is 0. The first-order chi connectivity index (χ1) is 12.0. The molecule has 3 rings (SSSR count). The monoisotopic (exact) mass is 338 g/mol. The summed E-state index contributed by atoms with van der Waals surface area (Å²) in [5, 5.41) is 3.73. The summed E-state index contributed by atoms with van der Waals surface area (Å²) in [5.41, 5.74) is 3.00. The van der Waals surface area contributed by atoms with Crippen molar-refractivity contribution in [2.45, 2.75) is 19.8 Å². The van der Waals surface area contributed by atoms with Gasteiger partial charge in [-0.25, -0.2) is 4.39 Å². The number of halogens is 1. The van der Waals surface area contributed by atoms with Crippen LogP contribution < -0.4 is 10.9 Å². The third-order valence-electron chi connectivity index (χ3n) is 4.05. The molecule has 2 aromatic carbocycles. The molecular formula is C20H19FN2O2. The second-order valence-corrected chi connectivity index (χ2v) is 6.12. The van der Waals surface area contributed by atoms with Gasteiger partial charge in [0.15, 0.2) is 0 Å². The van der Waals surface area contributed by atoms with E-state index in [4.69, 9.17) is 0 Å². The molecule has 0 aliphatic carbocycles. The maximum atomic E-state index is 13.1. The zero-order chi connectivity index (χ0) is 17.8. The second kappa shape index (κ2) is 7.30. The van der Waals surface area contributed by atoms with E-state index in [-0.39, 0.29) is 23.7 Å². The number of pyridine rings is 1. The van der Waals surface area contributed by atoms with Crippen LogP contribution >= 0.6 is 0 Å². The highest BCUT2D eigenvalue weighted by atomic mass is 19.1. The molecule has 0 atom stereocenters. The molecule has 5 heteroatoms. The predicted molar refractivity (Wildman–Crippen MR) is 96.1 cm³/mol. The van der Waals surface area contributed by atoms with E-state index in [1.807, 2.05) is 31.2 Å². The lowest BCUT2D eigenvalue weighted by Gasteiger charge is -2.07. The molecule has 0 saturated carbocycles. The Morgan fingerprint density at radius 3 is 2.80 bits per heavy atom. The fraction of sp³-hybridized carbons (Fsp3) is 0.200. The number of aromatic nitrogens is 1. The first-order valence-electron chi connectivity index (χ1n) is 8.15. The lowest BCUT2D eigenvalue weighted by atomic mass is 10.1. The van der Waals surface area contributed by atoms with Crippen LogP contribution in [0, 0.1) is 12.7 Å². The Labute approximate surface area is 144 Å². The average molecular weight is 338 g/mol. The van der Waals surface area contributed by atoms with Crippen LogP contribution in [0.3, 0.4) is 0 Å². The summed E-state index contributed by atoms with van der Waals surface area (Å²) in [6, 6.07) is 13.7. The number of aromatic amines is 1. The van der Waals surface area contributed by atoms with Crippen LogP contribution in [0.1, 0.15) is 16.7 Å². The zero-order valence-corrected chi connectivity index (χ0v) is 13.9. The highest BCUT2D eigenvalue weighted by Gasteiger charge is 2.06. The molecule has 128 valence electrons. The van der Waals surface area contributed by atoms with Gasteiger partial charge in [-0.15, -0.1) is 0 Å². The van der Waals surface area contributed by atoms with Crippen LogP contribution in [-0.2, 0) is 17.6 Å². The third-order valence-corrected chi connectivity index (χ3v) is 4.05. The number of hydrogen-bond donors (Lipinski definition) is 2. The Morgan fingerprint density at radius 2 is 2.00 bits per heavy atom. The minimum Gasteiger partial charge on any atom is -0.355 e. The van der Waals surface area contributed by atoms with Crippen molar-refractivity contribution >= 4 is 16.8 Å². The Kier molecular flexibility index (Phi) is 4.93. The second-order valence-electron chi connectivity index (χ2n) is 6.12. The van der Waals surface area contributed by atoms with Crippen molar-refractivity contribution in [3.05, 3.63) is 81.4 Å². The molecule has 4 nitrogen and oxygen atoms in total. The van der Waals surface area contributed by atoms with E-state index in [1.54, 1.807) is 12.1 Å². The van der Waals surface area contributed by atoms with E-state index in [2.05, 4.69) is 10.3 Å². The zero-order valence-electron chi connectivity index (χ0n) is 13.9. The molecule has 25 heavy (non-hydrogen) atoms. The number of hydrogen-bond acceptors (Lipinski definition) is 2. The van der Waals surface area contributed by atoms with Crippen molar-refractivity contribution in [1.29, 1.82) is 0 Å². The van der Waals surface area contributed by atoms with Gasteiger partial charge in [0.05, 0.1) is 6.42 Å². The minimum absolute atomic E-state index is 0.116. The first-order valence-corrected chi connectivity index (χ1v) is 8.15. The molecule has 0 saturated heterocycles. The third kappa shape index (κ3) is 4.32. The average Bonchev–Trinajstić information content (AvgIpc) is 2.55. The quantitative estimate of drug-likeness (QED) is 0.751. The van der Waals surface area contributed by atoms with Gasteiger partial charge in [-0.05, 0) is 54.1 Å². The molecule has 0 radical (unpaired) electrons. The van der Waals surface area contributed by atoms with Crippen molar-refractivity contribution in [3.8, 4) is 0 Å². The summed E-state index contributed by atoms with van der Waals surface area (Å²) < 4.78 is 13.1. The topological polar surface area (TPSA) is 62.0 Å². The summed E-state index contributed by atoms with van der Waals surface area (Å²) in [6.45, 7) is 2.33. The van der Waals surface area contributed by atoms with E-state index >= 15 is 0 Å². The summed E-state index contributed by atoms with van der Waals surface area (Å²) in [6.07, 6.45) is 0.555. The number of amides is 1. The molecule has 0 bridgehead atoms. The maximum absolute atomic E-state index is 13.1. The number of carbonyl (C=O) groups is 1. The summed E-state index contributed by atoms with van der Waals surface area (Å²) in [5.74, 6) is -0.554. The van der Waals surface area contributed by atoms with Crippen LogP contribution in [0.25, 0.3) is 10.9 Å². The fourth-order valence-electron chi connectivity index (χ4n) is 2.78. The smallest absolute Gasteiger partial charge is 0.251 e. The first kappa shape index (κ1) is 16.9.